The second kappa shape index (κ2) is 5.35. The normalized spacial score (nSPS) is 16.1. The molecule has 2 heteroatoms. The van der Waals surface area contributed by atoms with Crippen LogP contribution in [-0.2, 0) is 4.79 Å². The van der Waals surface area contributed by atoms with Crippen molar-refractivity contribution in [1.29, 1.82) is 0 Å². The van der Waals surface area contributed by atoms with Gasteiger partial charge in [0.05, 0.1) is 0 Å². The predicted octanol–water partition coefficient (Wildman–Crippen LogP) is 3.82. The highest BCUT2D eigenvalue weighted by Crippen LogP contribution is 2.27. The van der Waals surface area contributed by atoms with Gasteiger partial charge in [0.1, 0.15) is 0 Å². The van der Waals surface area contributed by atoms with Gasteiger partial charge in [-0.3, -0.25) is 4.79 Å². The Hall–Kier alpha value is -1.31. The Morgan fingerprint density at radius 1 is 1.18 bits per heavy atom. The molecule has 0 heterocycles. The molecule has 1 aliphatic rings. The van der Waals surface area contributed by atoms with Crippen LogP contribution >= 0.6 is 0 Å². The van der Waals surface area contributed by atoms with E-state index in [-0.39, 0.29) is 5.91 Å². The highest BCUT2D eigenvalue weighted by atomic mass is 16.1. The van der Waals surface area contributed by atoms with Crippen molar-refractivity contribution in [1.82, 2.24) is 0 Å². The van der Waals surface area contributed by atoms with Crippen molar-refractivity contribution in [2.45, 2.75) is 46.0 Å². The van der Waals surface area contributed by atoms with Gasteiger partial charge in [-0.1, -0.05) is 18.9 Å². The number of amides is 1. The summed E-state index contributed by atoms with van der Waals surface area (Å²) in [5, 5.41) is 3.01. The van der Waals surface area contributed by atoms with Crippen LogP contribution in [0, 0.1) is 19.8 Å². The molecule has 0 aromatic heterocycles. The lowest BCUT2D eigenvalue weighted by Gasteiger charge is -2.10. The number of carbonyl (C=O) groups excluding carboxylic acids is 1. The van der Waals surface area contributed by atoms with Crippen LogP contribution in [-0.4, -0.2) is 5.91 Å². The lowest BCUT2D eigenvalue weighted by molar-refractivity contribution is -0.117. The van der Waals surface area contributed by atoms with Crippen molar-refractivity contribution in [2.75, 3.05) is 5.32 Å². The Balaban J connectivity index is 1.92. The molecule has 0 atom stereocenters. The van der Waals surface area contributed by atoms with Gasteiger partial charge >= 0.3 is 0 Å². The summed E-state index contributed by atoms with van der Waals surface area (Å²) < 4.78 is 0. The van der Waals surface area contributed by atoms with Gasteiger partial charge in [0, 0.05) is 12.1 Å². The third-order valence-corrected chi connectivity index (χ3v) is 3.45. The van der Waals surface area contributed by atoms with Crippen LogP contribution in [0.15, 0.2) is 18.2 Å². The summed E-state index contributed by atoms with van der Waals surface area (Å²) in [6, 6.07) is 6.17. The molecule has 1 N–H and O–H groups in total. The molecular weight excluding hydrogens is 210 g/mol. The zero-order valence-electron chi connectivity index (χ0n) is 10.8. The topological polar surface area (TPSA) is 29.1 Å². The molecule has 17 heavy (non-hydrogen) atoms. The van der Waals surface area contributed by atoms with E-state index in [0.29, 0.717) is 12.3 Å². The zero-order valence-corrected chi connectivity index (χ0v) is 10.8. The maximum atomic E-state index is 11.9. The quantitative estimate of drug-likeness (QED) is 0.841. The number of aryl methyl sites for hydroxylation is 2. The van der Waals surface area contributed by atoms with Crippen LogP contribution in [0.25, 0.3) is 0 Å². The monoisotopic (exact) mass is 231 g/mol. The van der Waals surface area contributed by atoms with Crippen molar-refractivity contribution < 1.29 is 4.79 Å². The van der Waals surface area contributed by atoms with Gasteiger partial charge in [0.25, 0.3) is 0 Å². The number of benzene rings is 1. The van der Waals surface area contributed by atoms with Crippen molar-refractivity contribution in [3.8, 4) is 0 Å². The highest BCUT2D eigenvalue weighted by Gasteiger charge is 2.18. The SMILES string of the molecule is Cc1cc(C)cc(NC(=O)CC2CCCC2)c1. The van der Waals surface area contributed by atoms with E-state index in [1.165, 1.54) is 36.8 Å². The minimum Gasteiger partial charge on any atom is -0.326 e. The first kappa shape index (κ1) is 12.2. The summed E-state index contributed by atoms with van der Waals surface area (Å²) in [5.41, 5.74) is 3.33. The van der Waals surface area contributed by atoms with Gasteiger partial charge in [0.15, 0.2) is 0 Å². The minimum atomic E-state index is 0.168. The Bertz CT molecular complexity index is 385. The molecule has 1 saturated carbocycles. The fourth-order valence-electron chi connectivity index (χ4n) is 2.74. The standard InChI is InChI=1S/C15H21NO/c1-11-7-12(2)9-14(8-11)16-15(17)10-13-5-3-4-6-13/h7-9,13H,3-6,10H2,1-2H3,(H,16,17). The highest BCUT2D eigenvalue weighted by molar-refractivity contribution is 5.91. The Labute approximate surface area is 103 Å². The lowest BCUT2D eigenvalue weighted by Crippen LogP contribution is -2.15. The number of hydrogen-bond donors (Lipinski definition) is 1. The molecule has 1 amide bonds. The van der Waals surface area contributed by atoms with Crippen molar-refractivity contribution in [3.63, 3.8) is 0 Å². The molecule has 92 valence electrons. The Morgan fingerprint density at radius 2 is 1.76 bits per heavy atom. The molecular formula is C15H21NO. The summed E-state index contributed by atoms with van der Waals surface area (Å²) in [6.07, 6.45) is 5.72. The molecule has 1 aromatic carbocycles. The largest absolute Gasteiger partial charge is 0.326 e. The Kier molecular flexibility index (Phi) is 3.82. The average molecular weight is 231 g/mol. The second-order valence-electron chi connectivity index (χ2n) is 5.28. The summed E-state index contributed by atoms with van der Waals surface area (Å²) in [7, 11) is 0. The first-order chi connectivity index (χ1) is 8.13. The molecule has 0 radical (unpaired) electrons. The Morgan fingerprint density at radius 3 is 2.35 bits per heavy atom. The van der Waals surface area contributed by atoms with Crippen LogP contribution in [0.4, 0.5) is 5.69 Å². The fraction of sp³-hybridized carbons (Fsp3) is 0.533. The third kappa shape index (κ3) is 3.58. The summed E-state index contributed by atoms with van der Waals surface area (Å²) in [4.78, 5) is 11.9. The van der Waals surface area contributed by atoms with E-state index < -0.39 is 0 Å². The molecule has 1 aromatic rings. The second-order valence-corrected chi connectivity index (χ2v) is 5.28. The number of nitrogens with one attached hydrogen (secondary N) is 1. The van der Waals surface area contributed by atoms with E-state index in [2.05, 4.69) is 25.2 Å². The van der Waals surface area contributed by atoms with E-state index in [0.717, 1.165) is 5.69 Å². The van der Waals surface area contributed by atoms with E-state index in [1.54, 1.807) is 0 Å². The van der Waals surface area contributed by atoms with Crippen molar-refractivity contribution >= 4 is 11.6 Å². The van der Waals surface area contributed by atoms with Gasteiger partial charge < -0.3 is 5.32 Å². The molecule has 1 aliphatic carbocycles. The van der Waals surface area contributed by atoms with Gasteiger partial charge in [-0.15, -0.1) is 0 Å². The maximum absolute atomic E-state index is 11.9. The van der Waals surface area contributed by atoms with Crippen LogP contribution < -0.4 is 5.32 Å². The number of anilines is 1. The molecule has 0 bridgehead atoms. The number of hydrogen-bond acceptors (Lipinski definition) is 1. The number of carbonyl (C=O) groups is 1. The van der Waals surface area contributed by atoms with Crippen molar-refractivity contribution in [3.05, 3.63) is 29.3 Å². The maximum Gasteiger partial charge on any atom is 0.224 e. The van der Waals surface area contributed by atoms with Crippen LogP contribution in [0.5, 0.6) is 0 Å². The molecule has 0 unspecified atom stereocenters. The van der Waals surface area contributed by atoms with Gasteiger partial charge in [-0.2, -0.15) is 0 Å². The smallest absolute Gasteiger partial charge is 0.224 e. The molecule has 2 nitrogen and oxygen atoms in total. The minimum absolute atomic E-state index is 0.168. The molecule has 0 aliphatic heterocycles. The average Bonchev–Trinajstić information content (AvgIpc) is 2.67. The first-order valence-electron chi connectivity index (χ1n) is 6.51. The number of rotatable bonds is 3. The predicted molar refractivity (Wildman–Crippen MR) is 71.1 cm³/mol. The first-order valence-corrected chi connectivity index (χ1v) is 6.51. The van der Waals surface area contributed by atoms with E-state index in [9.17, 15) is 4.79 Å². The zero-order chi connectivity index (χ0) is 12.3. The fourth-order valence-corrected chi connectivity index (χ4v) is 2.74. The van der Waals surface area contributed by atoms with Gasteiger partial charge in [0.2, 0.25) is 5.91 Å². The molecule has 0 spiro atoms. The van der Waals surface area contributed by atoms with Gasteiger partial charge in [-0.05, 0) is 55.9 Å². The molecule has 2 rings (SSSR count). The van der Waals surface area contributed by atoms with Crippen LogP contribution in [0.1, 0.15) is 43.2 Å². The van der Waals surface area contributed by atoms with E-state index in [1.807, 2.05) is 12.1 Å². The molecule has 0 saturated heterocycles. The lowest BCUT2D eigenvalue weighted by atomic mass is 10.0. The van der Waals surface area contributed by atoms with Crippen molar-refractivity contribution in [2.24, 2.45) is 5.92 Å². The van der Waals surface area contributed by atoms with Crippen LogP contribution in [0.2, 0.25) is 0 Å². The summed E-state index contributed by atoms with van der Waals surface area (Å²) in [6.45, 7) is 4.11. The summed E-state index contributed by atoms with van der Waals surface area (Å²) in [5.74, 6) is 0.780. The van der Waals surface area contributed by atoms with Gasteiger partial charge in [-0.25, -0.2) is 0 Å². The van der Waals surface area contributed by atoms with Crippen LogP contribution in [0.3, 0.4) is 0 Å². The van der Waals surface area contributed by atoms with E-state index >= 15 is 0 Å². The summed E-state index contributed by atoms with van der Waals surface area (Å²) >= 11 is 0. The molecule has 1 fully saturated rings. The van der Waals surface area contributed by atoms with E-state index in [4.69, 9.17) is 0 Å². The third-order valence-electron chi connectivity index (χ3n) is 3.45.